The van der Waals surface area contributed by atoms with Crippen LogP contribution < -0.4 is 14.8 Å². The van der Waals surface area contributed by atoms with Crippen LogP contribution in [-0.2, 0) is 15.8 Å². The average molecular weight is 422 g/mol. The van der Waals surface area contributed by atoms with Gasteiger partial charge in [0.2, 0.25) is 0 Å². The molecule has 0 fully saturated rings. The molecule has 1 unspecified atom stereocenters. The summed E-state index contributed by atoms with van der Waals surface area (Å²) >= 11 is 11.7. The molecule has 2 aromatic carbocycles. The first-order chi connectivity index (χ1) is 12.6. The number of carbonyl (C=O) groups excluding carboxylic acids is 1. The maximum Gasteiger partial charge on any atom is 0.416 e. The van der Waals surface area contributed by atoms with E-state index in [2.05, 4.69) is 5.32 Å². The lowest BCUT2D eigenvalue weighted by molar-refractivity contribution is -0.149. The normalized spacial score (nSPS) is 16.2. The van der Waals surface area contributed by atoms with Crippen LogP contribution in [0.2, 0.25) is 10.0 Å². The number of benzene rings is 2. The van der Waals surface area contributed by atoms with Gasteiger partial charge in [-0.05, 0) is 24.3 Å². The predicted molar refractivity (Wildman–Crippen MR) is 88.7 cm³/mol. The Hall–Kier alpha value is -2.65. The zero-order valence-corrected chi connectivity index (χ0v) is 14.4. The summed E-state index contributed by atoms with van der Waals surface area (Å²) in [6.45, 7) is 0. The maximum absolute atomic E-state index is 12.8. The first-order valence-corrected chi connectivity index (χ1v) is 7.90. The van der Waals surface area contributed by atoms with Crippen molar-refractivity contribution in [2.45, 2.75) is 12.3 Å². The van der Waals surface area contributed by atoms with Gasteiger partial charge in [0.1, 0.15) is 11.5 Å². The number of carboxylic acid groups (broad SMARTS) is 1. The van der Waals surface area contributed by atoms with Crippen LogP contribution in [0, 0.1) is 0 Å². The summed E-state index contributed by atoms with van der Waals surface area (Å²) in [4.78, 5) is 22.6. The number of alkyl halides is 3. The Morgan fingerprint density at radius 2 is 1.81 bits per heavy atom. The van der Waals surface area contributed by atoms with Gasteiger partial charge >= 0.3 is 12.1 Å². The van der Waals surface area contributed by atoms with Crippen LogP contribution in [0.4, 0.5) is 18.9 Å². The van der Waals surface area contributed by atoms with Gasteiger partial charge in [-0.1, -0.05) is 23.2 Å². The number of aliphatic carboxylic acids is 1. The van der Waals surface area contributed by atoms with E-state index in [9.17, 15) is 22.8 Å². The molecule has 1 atom stereocenters. The van der Waals surface area contributed by atoms with Crippen LogP contribution in [0.1, 0.15) is 5.56 Å². The molecule has 0 bridgehead atoms. The van der Waals surface area contributed by atoms with Gasteiger partial charge in [-0.15, -0.1) is 0 Å². The third-order valence-electron chi connectivity index (χ3n) is 3.46. The minimum atomic E-state index is -4.63. The van der Waals surface area contributed by atoms with Gasteiger partial charge in [-0.3, -0.25) is 4.79 Å². The van der Waals surface area contributed by atoms with Crippen LogP contribution in [0.25, 0.3) is 0 Å². The van der Waals surface area contributed by atoms with Crippen molar-refractivity contribution in [3.63, 3.8) is 0 Å². The highest BCUT2D eigenvalue weighted by Gasteiger charge is 2.34. The van der Waals surface area contributed by atoms with E-state index >= 15 is 0 Å². The number of anilines is 1. The molecule has 1 heterocycles. The van der Waals surface area contributed by atoms with E-state index in [1.165, 1.54) is 18.2 Å². The molecule has 11 heteroatoms. The van der Waals surface area contributed by atoms with Gasteiger partial charge in [0, 0.05) is 6.07 Å². The fourth-order valence-corrected chi connectivity index (χ4v) is 2.81. The lowest BCUT2D eigenvalue weighted by Gasteiger charge is -2.23. The van der Waals surface area contributed by atoms with Crippen molar-refractivity contribution in [1.82, 2.24) is 0 Å². The number of carbonyl (C=O) groups is 2. The molecule has 0 saturated carbocycles. The second kappa shape index (κ2) is 6.82. The topological polar surface area (TPSA) is 84.9 Å². The minimum absolute atomic E-state index is 0.00124. The molecule has 27 heavy (non-hydrogen) atoms. The lowest BCUT2D eigenvalue weighted by Crippen LogP contribution is -2.42. The molecular weight excluding hydrogens is 414 g/mol. The number of rotatable bonds is 3. The zero-order chi connectivity index (χ0) is 19.9. The Morgan fingerprint density at radius 1 is 1.19 bits per heavy atom. The molecule has 0 aliphatic carbocycles. The number of fused-ring (bicyclic) bond motifs is 1. The first-order valence-electron chi connectivity index (χ1n) is 7.14. The Morgan fingerprint density at radius 3 is 2.37 bits per heavy atom. The molecular formula is C16H8Cl2F3NO5. The summed E-state index contributed by atoms with van der Waals surface area (Å²) in [6, 6.07) is 5.31. The van der Waals surface area contributed by atoms with Crippen LogP contribution in [0.3, 0.4) is 0 Å². The molecule has 1 aliphatic heterocycles. The fraction of sp³-hybridized carbons (Fsp3) is 0.125. The fourth-order valence-electron chi connectivity index (χ4n) is 2.25. The van der Waals surface area contributed by atoms with E-state index in [0.29, 0.717) is 12.1 Å². The van der Waals surface area contributed by atoms with E-state index in [1.54, 1.807) is 0 Å². The second-order valence-corrected chi connectivity index (χ2v) is 6.17. The summed E-state index contributed by atoms with van der Waals surface area (Å²) in [5.41, 5.74) is -0.833. The standard InChI is InChI=1S/C16H8Cl2F3NO5/c17-8-3-6(16(19,20)21)4-9(18)12(8)26-7-1-2-10-11(5-7)27-13(15(24)25)14(23)22-10/h1-5,13H,(H,22,23)(H,24,25). The van der Waals surface area contributed by atoms with Gasteiger partial charge in [0.25, 0.3) is 12.0 Å². The molecule has 0 aromatic heterocycles. The predicted octanol–water partition coefficient (Wildman–Crippen LogP) is 4.59. The van der Waals surface area contributed by atoms with E-state index in [0.717, 1.165) is 0 Å². The van der Waals surface area contributed by atoms with Crippen molar-refractivity contribution in [2.75, 3.05) is 5.32 Å². The van der Waals surface area contributed by atoms with Crippen molar-refractivity contribution in [3.8, 4) is 17.2 Å². The second-order valence-electron chi connectivity index (χ2n) is 5.35. The Kier molecular flexibility index (Phi) is 4.83. The third-order valence-corrected chi connectivity index (χ3v) is 4.03. The zero-order valence-electron chi connectivity index (χ0n) is 12.9. The molecule has 3 rings (SSSR count). The van der Waals surface area contributed by atoms with Gasteiger partial charge in [-0.25, -0.2) is 4.79 Å². The summed E-state index contributed by atoms with van der Waals surface area (Å²) in [5, 5.41) is 10.6. The quantitative estimate of drug-likeness (QED) is 0.708. The third kappa shape index (κ3) is 3.88. The van der Waals surface area contributed by atoms with Crippen molar-refractivity contribution >= 4 is 40.8 Å². The minimum Gasteiger partial charge on any atom is -0.478 e. The summed E-state index contributed by atoms with van der Waals surface area (Å²) < 4.78 is 48.8. The summed E-state index contributed by atoms with van der Waals surface area (Å²) in [6.07, 6.45) is -6.37. The molecule has 1 aliphatic rings. The number of amides is 1. The maximum atomic E-state index is 12.8. The summed E-state index contributed by atoms with van der Waals surface area (Å²) in [5.74, 6) is -2.51. The van der Waals surface area contributed by atoms with E-state index < -0.39 is 29.7 Å². The van der Waals surface area contributed by atoms with Crippen molar-refractivity contribution in [2.24, 2.45) is 0 Å². The smallest absolute Gasteiger partial charge is 0.416 e. The largest absolute Gasteiger partial charge is 0.478 e. The molecule has 2 N–H and O–H groups in total. The van der Waals surface area contributed by atoms with Crippen LogP contribution >= 0.6 is 23.2 Å². The SMILES string of the molecule is O=C(O)C1Oc2cc(Oc3c(Cl)cc(C(F)(F)F)cc3Cl)ccc2NC1=O. The summed E-state index contributed by atoms with van der Waals surface area (Å²) in [7, 11) is 0. The molecule has 0 saturated heterocycles. The highest BCUT2D eigenvalue weighted by molar-refractivity contribution is 6.37. The molecule has 142 valence electrons. The molecule has 0 spiro atoms. The van der Waals surface area contributed by atoms with Crippen LogP contribution in [0.5, 0.6) is 17.2 Å². The molecule has 0 radical (unpaired) electrons. The van der Waals surface area contributed by atoms with Gasteiger partial charge < -0.3 is 19.9 Å². The highest BCUT2D eigenvalue weighted by Crippen LogP contribution is 2.43. The lowest BCUT2D eigenvalue weighted by atomic mass is 10.2. The van der Waals surface area contributed by atoms with Crippen LogP contribution in [0.15, 0.2) is 30.3 Å². The van der Waals surface area contributed by atoms with E-state index in [-0.39, 0.29) is 33.0 Å². The monoisotopic (exact) mass is 421 g/mol. The van der Waals surface area contributed by atoms with Gasteiger partial charge in [-0.2, -0.15) is 13.2 Å². The van der Waals surface area contributed by atoms with Gasteiger partial charge in [0.05, 0.1) is 21.3 Å². The number of carboxylic acids is 1. The number of halogens is 5. The van der Waals surface area contributed by atoms with Crippen molar-refractivity contribution in [3.05, 3.63) is 45.9 Å². The number of hydrogen-bond donors (Lipinski definition) is 2. The van der Waals surface area contributed by atoms with E-state index in [1.807, 2.05) is 0 Å². The van der Waals surface area contributed by atoms with E-state index in [4.69, 9.17) is 37.8 Å². The van der Waals surface area contributed by atoms with Crippen molar-refractivity contribution < 1.29 is 37.3 Å². The molecule has 2 aromatic rings. The molecule has 1 amide bonds. The Bertz CT molecular complexity index is 925. The number of nitrogens with one attached hydrogen (secondary N) is 1. The van der Waals surface area contributed by atoms with Crippen LogP contribution in [-0.4, -0.2) is 23.1 Å². The highest BCUT2D eigenvalue weighted by atomic mass is 35.5. The van der Waals surface area contributed by atoms with Gasteiger partial charge in [0.15, 0.2) is 5.75 Å². The Balaban J connectivity index is 1.91. The van der Waals surface area contributed by atoms with Crippen molar-refractivity contribution in [1.29, 1.82) is 0 Å². The number of ether oxygens (including phenoxy) is 2. The Labute approximate surface area is 159 Å². The first kappa shape index (κ1) is 19.1. The molecule has 6 nitrogen and oxygen atoms in total. The average Bonchev–Trinajstić information content (AvgIpc) is 2.56. The number of hydrogen-bond acceptors (Lipinski definition) is 4.